The molecule has 2 aliphatic rings. The predicted molar refractivity (Wildman–Crippen MR) is 120 cm³/mol. The number of carbonyl (C=O) groups is 2. The van der Waals surface area contributed by atoms with Gasteiger partial charge in [-0.3, -0.25) is 9.59 Å². The van der Waals surface area contributed by atoms with Crippen molar-refractivity contribution in [3.8, 4) is 22.9 Å². The fourth-order valence-electron chi connectivity index (χ4n) is 4.02. The Balaban J connectivity index is 0.000000913. The Morgan fingerprint density at radius 3 is 2.53 bits per heavy atom. The van der Waals surface area contributed by atoms with E-state index in [2.05, 4.69) is 11.1 Å². The van der Waals surface area contributed by atoms with Crippen molar-refractivity contribution in [3.05, 3.63) is 41.6 Å². The summed E-state index contributed by atoms with van der Waals surface area (Å²) in [7, 11) is 0. The third-order valence-electron chi connectivity index (χ3n) is 5.94. The average molecular weight is 437 g/mol. The quantitative estimate of drug-likeness (QED) is 0.685. The molecular weight excluding hydrogens is 408 g/mol. The Labute approximate surface area is 187 Å². The lowest BCUT2D eigenvalue weighted by Crippen LogP contribution is -2.38. The van der Waals surface area contributed by atoms with E-state index in [0.717, 1.165) is 55.6 Å². The van der Waals surface area contributed by atoms with Crippen LogP contribution in [0.2, 0.25) is 0 Å². The molecule has 0 unspecified atom stereocenters. The lowest BCUT2D eigenvalue weighted by atomic mass is 9.81. The minimum absolute atomic E-state index is 0.00408. The molecule has 1 aliphatic carbocycles. The zero-order valence-electron chi connectivity index (χ0n) is 18.0. The molecule has 1 aromatic heterocycles. The Kier molecular flexibility index (Phi) is 8.03. The molecule has 4 rings (SSSR count). The topological polar surface area (TPSA) is 130 Å². The third-order valence-corrected chi connectivity index (χ3v) is 5.94. The first-order chi connectivity index (χ1) is 15.6. The van der Waals surface area contributed by atoms with Crippen LogP contribution in [0.4, 0.5) is 5.82 Å². The largest absolute Gasteiger partial charge is 0.483 e. The molecular formula is C24H28N4O4. The molecule has 8 heteroatoms. The van der Waals surface area contributed by atoms with Crippen LogP contribution in [-0.4, -0.2) is 47.1 Å². The molecule has 32 heavy (non-hydrogen) atoms. The standard InChI is InChI=1S/C23H26N4O2.CH2O2/c24-14-19-18(13-20(26-23(19)25)16-7-6-8-16)17-9-2-3-10-21(17)29-15-22(28)27-11-4-1-5-12-27;2-1-3/h2-3,9-10,13,16H,1,4-8,11-12,15H2,(H2,25,26);1H,(H,2,3). The zero-order valence-corrected chi connectivity index (χ0v) is 18.0. The first-order valence-electron chi connectivity index (χ1n) is 10.9. The number of amides is 1. The van der Waals surface area contributed by atoms with Crippen molar-refractivity contribution in [1.29, 1.82) is 5.26 Å². The first-order valence-corrected chi connectivity index (χ1v) is 10.9. The number of hydrogen-bond acceptors (Lipinski definition) is 6. The summed E-state index contributed by atoms with van der Waals surface area (Å²) in [4.78, 5) is 27.2. The van der Waals surface area contributed by atoms with Crippen LogP contribution in [0.1, 0.15) is 55.7 Å². The highest BCUT2D eigenvalue weighted by atomic mass is 16.5. The average Bonchev–Trinajstić information content (AvgIpc) is 2.77. The number of nitrogens with zero attached hydrogens (tertiary/aromatic N) is 3. The molecule has 1 amide bonds. The van der Waals surface area contributed by atoms with Gasteiger partial charge in [0.15, 0.2) is 6.61 Å². The minimum Gasteiger partial charge on any atom is -0.483 e. The number of likely N-dealkylation sites (tertiary alicyclic amines) is 1. The maximum Gasteiger partial charge on any atom is 0.290 e. The zero-order chi connectivity index (χ0) is 22.9. The van der Waals surface area contributed by atoms with E-state index in [9.17, 15) is 10.1 Å². The van der Waals surface area contributed by atoms with Crippen molar-refractivity contribution >= 4 is 18.2 Å². The number of ether oxygens (including phenoxy) is 1. The van der Waals surface area contributed by atoms with E-state index in [1.165, 1.54) is 12.8 Å². The van der Waals surface area contributed by atoms with E-state index in [4.69, 9.17) is 20.4 Å². The van der Waals surface area contributed by atoms with Gasteiger partial charge < -0.3 is 20.5 Å². The van der Waals surface area contributed by atoms with Crippen LogP contribution in [0.3, 0.4) is 0 Å². The highest BCUT2D eigenvalue weighted by molar-refractivity contribution is 5.81. The van der Waals surface area contributed by atoms with E-state index >= 15 is 0 Å². The van der Waals surface area contributed by atoms with Crippen LogP contribution >= 0.6 is 0 Å². The van der Waals surface area contributed by atoms with Gasteiger partial charge in [-0.05, 0) is 44.2 Å². The molecule has 1 saturated heterocycles. The molecule has 2 aromatic rings. The molecule has 1 aromatic carbocycles. The van der Waals surface area contributed by atoms with Gasteiger partial charge in [0.25, 0.3) is 12.4 Å². The summed E-state index contributed by atoms with van der Waals surface area (Å²) >= 11 is 0. The summed E-state index contributed by atoms with van der Waals surface area (Å²) < 4.78 is 5.92. The van der Waals surface area contributed by atoms with Crippen LogP contribution in [0.5, 0.6) is 5.75 Å². The SMILES string of the molecule is N#Cc1c(-c2ccccc2OCC(=O)N2CCCCC2)cc(C2CCC2)nc1N.O=CO. The van der Waals surface area contributed by atoms with Crippen LogP contribution < -0.4 is 10.5 Å². The van der Waals surface area contributed by atoms with Gasteiger partial charge in [0.2, 0.25) is 0 Å². The lowest BCUT2D eigenvalue weighted by molar-refractivity contribution is -0.134. The van der Waals surface area contributed by atoms with Gasteiger partial charge >= 0.3 is 0 Å². The van der Waals surface area contributed by atoms with Crippen molar-refractivity contribution in [3.63, 3.8) is 0 Å². The van der Waals surface area contributed by atoms with Crippen LogP contribution in [0.25, 0.3) is 11.1 Å². The molecule has 8 nitrogen and oxygen atoms in total. The number of anilines is 1. The number of carbonyl (C=O) groups excluding carboxylic acids is 1. The van der Waals surface area contributed by atoms with E-state index in [0.29, 0.717) is 17.2 Å². The molecule has 0 atom stereocenters. The maximum absolute atomic E-state index is 12.5. The molecule has 2 fully saturated rings. The third kappa shape index (κ3) is 5.35. The molecule has 0 radical (unpaired) electrons. The van der Waals surface area contributed by atoms with Crippen LogP contribution in [0.15, 0.2) is 30.3 Å². The lowest BCUT2D eigenvalue weighted by Gasteiger charge is -2.27. The Morgan fingerprint density at radius 2 is 1.91 bits per heavy atom. The van der Waals surface area contributed by atoms with E-state index in [1.54, 1.807) is 0 Å². The number of para-hydroxylation sites is 1. The number of nitrogens with two attached hydrogens (primary N) is 1. The highest BCUT2D eigenvalue weighted by Crippen LogP contribution is 2.40. The summed E-state index contributed by atoms with van der Waals surface area (Å²) in [5.41, 5.74) is 8.90. The normalized spacial score (nSPS) is 15.5. The second-order valence-corrected chi connectivity index (χ2v) is 7.93. The maximum atomic E-state index is 12.5. The van der Waals surface area contributed by atoms with Crippen molar-refractivity contribution in [2.75, 3.05) is 25.4 Å². The number of nitriles is 1. The van der Waals surface area contributed by atoms with Crippen molar-refractivity contribution in [1.82, 2.24) is 9.88 Å². The molecule has 2 heterocycles. The van der Waals surface area contributed by atoms with Gasteiger partial charge in [-0.1, -0.05) is 24.6 Å². The minimum atomic E-state index is -0.250. The van der Waals surface area contributed by atoms with Crippen LogP contribution in [0, 0.1) is 11.3 Å². The number of pyridine rings is 1. The molecule has 0 bridgehead atoms. The molecule has 1 aliphatic heterocycles. The van der Waals surface area contributed by atoms with Gasteiger partial charge in [0.1, 0.15) is 23.2 Å². The fourth-order valence-corrected chi connectivity index (χ4v) is 4.02. The van der Waals surface area contributed by atoms with Crippen molar-refractivity contribution in [2.45, 2.75) is 44.4 Å². The monoisotopic (exact) mass is 436 g/mol. The van der Waals surface area contributed by atoms with E-state index < -0.39 is 0 Å². The fraction of sp³-hybridized carbons (Fsp3) is 0.417. The Hall–Kier alpha value is -3.60. The molecule has 3 N–H and O–H groups in total. The van der Waals surface area contributed by atoms with Crippen molar-refractivity contribution in [2.24, 2.45) is 0 Å². The molecule has 1 saturated carbocycles. The van der Waals surface area contributed by atoms with Crippen LogP contribution in [-0.2, 0) is 9.59 Å². The smallest absolute Gasteiger partial charge is 0.290 e. The van der Waals surface area contributed by atoms with Gasteiger partial charge in [-0.2, -0.15) is 5.26 Å². The second-order valence-electron chi connectivity index (χ2n) is 7.93. The van der Waals surface area contributed by atoms with Gasteiger partial charge in [-0.25, -0.2) is 4.98 Å². The Morgan fingerprint density at radius 1 is 1.22 bits per heavy atom. The number of rotatable bonds is 5. The molecule has 168 valence electrons. The number of hydrogen-bond donors (Lipinski definition) is 2. The first kappa shape index (κ1) is 23.1. The number of benzene rings is 1. The highest BCUT2D eigenvalue weighted by Gasteiger charge is 2.25. The summed E-state index contributed by atoms with van der Waals surface area (Å²) in [5, 5.41) is 16.6. The molecule has 0 spiro atoms. The second kappa shape index (κ2) is 11.1. The summed E-state index contributed by atoms with van der Waals surface area (Å²) in [5.74, 6) is 1.24. The number of nitrogen functional groups attached to an aromatic ring is 1. The van der Waals surface area contributed by atoms with Crippen molar-refractivity contribution < 1.29 is 19.4 Å². The van der Waals surface area contributed by atoms with E-state index in [-0.39, 0.29) is 24.8 Å². The number of carboxylic acid groups (broad SMARTS) is 1. The van der Waals surface area contributed by atoms with E-state index in [1.807, 2.05) is 35.2 Å². The number of piperidine rings is 1. The summed E-state index contributed by atoms with van der Waals surface area (Å²) in [6, 6.07) is 11.7. The number of aromatic nitrogens is 1. The summed E-state index contributed by atoms with van der Waals surface area (Å²) in [6.45, 7) is 1.34. The van der Waals surface area contributed by atoms with Gasteiger partial charge in [0.05, 0.1) is 0 Å². The van der Waals surface area contributed by atoms with Gasteiger partial charge in [0, 0.05) is 35.8 Å². The Bertz CT molecular complexity index is 992. The van der Waals surface area contributed by atoms with Gasteiger partial charge in [-0.15, -0.1) is 0 Å². The summed E-state index contributed by atoms with van der Waals surface area (Å²) in [6.07, 6.45) is 6.67. The predicted octanol–water partition coefficient (Wildman–Crippen LogP) is 3.56.